The van der Waals surface area contributed by atoms with Crippen molar-refractivity contribution < 1.29 is 4.39 Å². The monoisotopic (exact) mass is 262 g/mol. The van der Waals surface area contributed by atoms with Crippen molar-refractivity contribution in [3.05, 3.63) is 53.3 Å². The third-order valence-corrected chi connectivity index (χ3v) is 2.53. The summed E-state index contributed by atoms with van der Waals surface area (Å²) in [5, 5.41) is 12.0. The number of nitrogens with zero attached hydrogens (tertiary/aromatic N) is 3. The van der Waals surface area contributed by atoms with Crippen LogP contribution in [-0.4, -0.2) is 9.97 Å². The number of hydrogen-bond donors (Lipinski definition) is 1. The van der Waals surface area contributed by atoms with Crippen LogP contribution in [0.5, 0.6) is 0 Å². The molecule has 1 aromatic heterocycles. The van der Waals surface area contributed by atoms with E-state index in [1.807, 2.05) is 0 Å². The lowest BCUT2D eigenvalue weighted by molar-refractivity contribution is 0.628. The predicted molar refractivity (Wildman–Crippen MR) is 65.4 cm³/mol. The van der Waals surface area contributed by atoms with Crippen LogP contribution in [0, 0.1) is 17.1 Å². The molecule has 0 radical (unpaired) electrons. The number of benzene rings is 1. The zero-order valence-electron chi connectivity index (χ0n) is 9.14. The van der Waals surface area contributed by atoms with E-state index < -0.39 is 11.9 Å². The van der Waals surface area contributed by atoms with Gasteiger partial charge >= 0.3 is 0 Å². The number of nitrogens with one attached hydrogen (secondary N) is 1. The number of hydrogen-bond acceptors (Lipinski definition) is 4. The highest BCUT2D eigenvalue weighted by molar-refractivity contribution is 6.31. The maximum Gasteiger partial charge on any atom is 0.158 e. The molecule has 1 heterocycles. The number of halogens is 2. The summed E-state index contributed by atoms with van der Waals surface area (Å²) >= 11 is 5.66. The topological polar surface area (TPSA) is 61.6 Å². The molecule has 1 atom stereocenters. The van der Waals surface area contributed by atoms with Gasteiger partial charge in [-0.05, 0) is 18.2 Å². The molecule has 0 amide bonds. The predicted octanol–water partition coefficient (Wildman–Crippen LogP) is 2.95. The van der Waals surface area contributed by atoms with Crippen molar-refractivity contribution in [3.8, 4) is 6.07 Å². The fourth-order valence-electron chi connectivity index (χ4n) is 1.38. The molecule has 90 valence electrons. The van der Waals surface area contributed by atoms with Gasteiger partial charge in [0.05, 0.1) is 23.0 Å². The number of nitriles is 1. The first kappa shape index (κ1) is 12.3. The molecular formula is C12H8ClFN4. The van der Waals surface area contributed by atoms with Gasteiger partial charge in [-0.1, -0.05) is 11.6 Å². The SMILES string of the molecule is N#CC(Nc1ccc(F)c(Cl)c1)c1cnccn1. The van der Waals surface area contributed by atoms with Crippen molar-refractivity contribution >= 4 is 17.3 Å². The molecule has 0 aliphatic carbocycles. The fraction of sp³-hybridized carbons (Fsp3) is 0.0833. The minimum absolute atomic E-state index is 0.00386. The lowest BCUT2D eigenvalue weighted by Crippen LogP contribution is -2.10. The van der Waals surface area contributed by atoms with Crippen molar-refractivity contribution in [2.24, 2.45) is 0 Å². The largest absolute Gasteiger partial charge is 0.365 e. The average molecular weight is 263 g/mol. The van der Waals surface area contributed by atoms with Gasteiger partial charge in [0.15, 0.2) is 6.04 Å². The van der Waals surface area contributed by atoms with Gasteiger partial charge in [-0.15, -0.1) is 0 Å². The molecule has 2 rings (SSSR count). The maximum absolute atomic E-state index is 13.0. The molecule has 0 aliphatic rings. The fourth-order valence-corrected chi connectivity index (χ4v) is 1.57. The zero-order chi connectivity index (χ0) is 13.0. The van der Waals surface area contributed by atoms with Gasteiger partial charge in [-0.2, -0.15) is 5.26 Å². The molecule has 1 unspecified atom stereocenters. The van der Waals surface area contributed by atoms with Crippen molar-refractivity contribution in [1.82, 2.24) is 9.97 Å². The Morgan fingerprint density at radius 1 is 1.39 bits per heavy atom. The molecule has 0 bridgehead atoms. The standard InChI is InChI=1S/C12H8ClFN4/c13-9-5-8(1-2-10(9)14)18-11(6-15)12-7-16-3-4-17-12/h1-5,7,11,18H. The van der Waals surface area contributed by atoms with Crippen LogP contribution in [0.3, 0.4) is 0 Å². The van der Waals surface area contributed by atoms with Crippen molar-refractivity contribution in [3.63, 3.8) is 0 Å². The molecule has 0 spiro atoms. The lowest BCUT2D eigenvalue weighted by Gasteiger charge is -2.12. The normalized spacial score (nSPS) is 11.6. The molecule has 0 saturated heterocycles. The van der Waals surface area contributed by atoms with E-state index in [1.54, 1.807) is 0 Å². The molecular weight excluding hydrogens is 255 g/mol. The van der Waals surface area contributed by atoms with E-state index in [1.165, 1.54) is 36.8 Å². The second-order valence-corrected chi connectivity index (χ2v) is 3.87. The highest BCUT2D eigenvalue weighted by atomic mass is 35.5. The summed E-state index contributed by atoms with van der Waals surface area (Å²) in [4.78, 5) is 7.92. The van der Waals surface area contributed by atoms with Crippen molar-refractivity contribution in [2.45, 2.75) is 6.04 Å². The van der Waals surface area contributed by atoms with E-state index in [0.717, 1.165) is 0 Å². The minimum Gasteiger partial charge on any atom is -0.365 e. The van der Waals surface area contributed by atoms with E-state index in [2.05, 4.69) is 21.4 Å². The summed E-state index contributed by atoms with van der Waals surface area (Å²) in [6.07, 6.45) is 4.51. The number of rotatable bonds is 3. The van der Waals surface area contributed by atoms with Crippen LogP contribution in [-0.2, 0) is 0 Å². The summed E-state index contributed by atoms with van der Waals surface area (Å²) in [6, 6.07) is 5.53. The van der Waals surface area contributed by atoms with E-state index in [9.17, 15) is 4.39 Å². The minimum atomic E-state index is -0.666. The van der Waals surface area contributed by atoms with Gasteiger partial charge in [0, 0.05) is 18.1 Å². The maximum atomic E-state index is 13.0. The molecule has 6 heteroatoms. The molecule has 4 nitrogen and oxygen atoms in total. The third-order valence-electron chi connectivity index (χ3n) is 2.24. The Bertz CT molecular complexity index is 582. The Morgan fingerprint density at radius 2 is 2.22 bits per heavy atom. The smallest absolute Gasteiger partial charge is 0.158 e. The Kier molecular flexibility index (Phi) is 3.70. The molecule has 0 fully saturated rings. The van der Waals surface area contributed by atoms with Crippen molar-refractivity contribution in [2.75, 3.05) is 5.32 Å². The van der Waals surface area contributed by atoms with Crippen LogP contribution in [0.15, 0.2) is 36.8 Å². The van der Waals surface area contributed by atoms with Gasteiger partial charge in [-0.3, -0.25) is 9.97 Å². The van der Waals surface area contributed by atoms with Gasteiger partial charge < -0.3 is 5.32 Å². The van der Waals surface area contributed by atoms with Crippen LogP contribution < -0.4 is 5.32 Å². The second-order valence-electron chi connectivity index (χ2n) is 3.47. The molecule has 1 aromatic carbocycles. The molecule has 18 heavy (non-hydrogen) atoms. The van der Waals surface area contributed by atoms with Gasteiger partial charge in [0.25, 0.3) is 0 Å². The number of anilines is 1. The summed E-state index contributed by atoms with van der Waals surface area (Å²) < 4.78 is 13.0. The molecule has 2 aromatic rings. The quantitative estimate of drug-likeness (QED) is 0.924. The third kappa shape index (κ3) is 2.73. The summed E-state index contributed by atoms with van der Waals surface area (Å²) in [5.74, 6) is -0.504. The van der Waals surface area contributed by atoms with Crippen molar-refractivity contribution in [1.29, 1.82) is 5.26 Å². The van der Waals surface area contributed by atoms with Crippen LogP contribution in [0.4, 0.5) is 10.1 Å². The summed E-state index contributed by atoms with van der Waals surface area (Å²) in [6.45, 7) is 0. The Hall–Kier alpha value is -2.19. The van der Waals surface area contributed by atoms with E-state index in [4.69, 9.17) is 16.9 Å². The van der Waals surface area contributed by atoms with Gasteiger partial charge in [0.2, 0.25) is 0 Å². The van der Waals surface area contributed by atoms with Crippen LogP contribution >= 0.6 is 11.6 Å². The first-order valence-electron chi connectivity index (χ1n) is 5.08. The van der Waals surface area contributed by atoms with E-state index in [0.29, 0.717) is 11.4 Å². The highest BCUT2D eigenvalue weighted by Gasteiger charge is 2.12. The Morgan fingerprint density at radius 3 is 2.83 bits per heavy atom. The summed E-state index contributed by atoms with van der Waals surface area (Å²) in [5.41, 5.74) is 1.03. The second kappa shape index (κ2) is 5.43. The Balaban J connectivity index is 2.21. The van der Waals surface area contributed by atoms with Crippen LogP contribution in [0.2, 0.25) is 5.02 Å². The van der Waals surface area contributed by atoms with Crippen LogP contribution in [0.25, 0.3) is 0 Å². The average Bonchev–Trinajstić information content (AvgIpc) is 2.41. The highest BCUT2D eigenvalue weighted by Crippen LogP contribution is 2.22. The lowest BCUT2D eigenvalue weighted by atomic mass is 10.2. The Labute approximate surface area is 108 Å². The zero-order valence-corrected chi connectivity index (χ0v) is 9.89. The summed E-state index contributed by atoms with van der Waals surface area (Å²) in [7, 11) is 0. The molecule has 0 saturated carbocycles. The first-order valence-corrected chi connectivity index (χ1v) is 5.45. The molecule has 1 N–H and O–H groups in total. The van der Waals surface area contributed by atoms with Gasteiger partial charge in [0.1, 0.15) is 5.82 Å². The first-order chi connectivity index (χ1) is 8.70. The van der Waals surface area contributed by atoms with E-state index >= 15 is 0 Å². The van der Waals surface area contributed by atoms with Crippen LogP contribution in [0.1, 0.15) is 11.7 Å². The molecule has 0 aliphatic heterocycles. The van der Waals surface area contributed by atoms with E-state index in [-0.39, 0.29) is 5.02 Å². The van der Waals surface area contributed by atoms with Gasteiger partial charge in [-0.25, -0.2) is 4.39 Å². The number of aromatic nitrogens is 2.